The van der Waals surface area contributed by atoms with Gasteiger partial charge in [-0.1, -0.05) is 0 Å². The van der Waals surface area contributed by atoms with Crippen LogP contribution in [0.5, 0.6) is 0 Å². The smallest absolute Gasteiger partial charge is 0.183 e. The molecule has 0 amide bonds. The summed E-state index contributed by atoms with van der Waals surface area (Å²) in [5, 5.41) is 45.1. The second-order valence-corrected chi connectivity index (χ2v) is 2.76. The van der Waals surface area contributed by atoms with Crippen molar-refractivity contribution in [3.63, 3.8) is 0 Å². The SMILES string of the molecule is OC1OC[C@H](O)[C@@H](O)[C@H](O)[C@H]1O. The summed E-state index contributed by atoms with van der Waals surface area (Å²) < 4.78 is 4.50. The highest BCUT2D eigenvalue weighted by molar-refractivity contribution is 4.85. The first-order valence-electron chi connectivity index (χ1n) is 3.56. The minimum atomic E-state index is -1.60. The molecule has 0 radical (unpaired) electrons. The summed E-state index contributed by atoms with van der Waals surface area (Å²) in [4.78, 5) is 0. The average molecular weight is 180 g/mol. The number of aliphatic hydroxyl groups is 5. The topological polar surface area (TPSA) is 110 Å². The van der Waals surface area contributed by atoms with Crippen LogP contribution in [0.15, 0.2) is 0 Å². The zero-order chi connectivity index (χ0) is 9.30. The van der Waals surface area contributed by atoms with E-state index in [2.05, 4.69) is 4.74 Å². The van der Waals surface area contributed by atoms with Crippen LogP contribution in [0.25, 0.3) is 0 Å². The first kappa shape index (κ1) is 9.85. The van der Waals surface area contributed by atoms with Gasteiger partial charge in [0.25, 0.3) is 0 Å². The number of hydrogen-bond acceptors (Lipinski definition) is 6. The largest absolute Gasteiger partial charge is 0.388 e. The standard InChI is InChI=1S/C6H12O6/c7-2-1-12-6(11)5(10)4(9)3(2)8/h2-11H,1H2/t2-,3+,4-,5+,6?/m0/s1. The maximum absolute atomic E-state index is 9.07. The Hall–Kier alpha value is -0.240. The number of aliphatic hydroxyl groups excluding tert-OH is 5. The van der Waals surface area contributed by atoms with E-state index in [1.807, 2.05) is 0 Å². The van der Waals surface area contributed by atoms with E-state index in [9.17, 15) is 0 Å². The van der Waals surface area contributed by atoms with E-state index in [0.717, 1.165) is 0 Å². The van der Waals surface area contributed by atoms with Crippen molar-refractivity contribution in [3.8, 4) is 0 Å². The lowest BCUT2D eigenvalue weighted by Gasteiger charge is -2.22. The fourth-order valence-corrected chi connectivity index (χ4v) is 0.993. The maximum Gasteiger partial charge on any atom is 0.183 e. The van der Waals surface area contributed by atoms with E-state index in [1.54, 1.807) is 0 Å². The zero-order valence-electron chi connectivity index (χ0n) is 6.24. The molecule has 1 heterocycles. The molecule has 1 aliphatic heterocycles. The highest BCUT2D eigenvalue weighted by Crippen LogP contribution is 2.14. The van der Waals surface area contributed by atoms with Gasteiger partial charge in [-0.15, -0.1) is 0 Å². The first-order valence-corrected chi connectivity index (χ1v) is 3.56. The van der Waals surface area contributed by atoms with Gasteiger partial charge in [0.15, 0.2) is 6.29 Å². The van der Waals surface area contributed by atoms with Crippen molar-refractivity contribution in [2.24, 2.45) is 0 Å². The second-order valence-electron chi connectivity index (χ2n) is 2.76. The van der Waals surface area contributed by atoms with Crippen molar-refractivity contribution in [2.45, 2.75) is 30.7 Å². The molecule has 0 aromatic rings. The van der Waals surface area contributed by atoms with Crippen LogP contribution in [-0.4, -0.2) is 62.8 Å². The van der Waals surface area contributed by atoms with Gasteiger partial charge < -0.3 is 30.3 Å². The summed E-state index contributed by atoms with van der Waals surface area (Å²) in [5.41, 5.74) is 0. The Morgan fingerprint density at radius 2 is 1.42 bits per heavy atom. The van der Waals surface area contributed by atoms with Gasteiger partial charge in [0.2, 0.25) is 0 Å². The first-order chi connectivity index (χ1) is 5.54. The van der Waals surface area contributed by atoms with Crippen molar-refractivity contribution < 1.29 is 30.3 Å². The third kappa shape index (κ3) is 1.74. The van der Waals surface area contributed by atoms with Crippen molar-refractivity contribution in [2.75, 3.05) is 6.61 Å². The minimum absolute atomic E-state index is 0.323. The molecular formula is C6H12O6. The number of ether oxygens (including phenoxy) is 1. The molecule has 1 unspecified atom stereocenters. The molecule has 0 spiro atoms. The van der Waals surface area contributed by atoms with Crippen LogP contribution in [0.1, 0.15) is 0 Å². The molecule has 0 aromatic heterocycles. The Morgan fingerprint density at radius 3 is 2.00 bits per heavy atom. The molecule has 6 nitrogen and oxygen atoms in total. The molecule has 0 saturated carbocycles. The van der Waals surface area contributed by atoms with E-state index in [0.29, 0.717) is 0 Å². The quantitative estimate of drug-likeness (QED) is 0.268. The monoisotopic (exact) mass is 180 g/mol. The van der Waals surface area contributed by atoms with E-state index < -0.39 is 30.7 Å². The summed E-state index contributed by atoms with van der Waals surface area (Å²) in [6.45, 7) is -0.323. The molecule has 0 aliphatic carbocycles. The van der Waals surface area contributed by atoms with Gasteiger partial charge in [-0.2, -0.15) is 0 Å². The molecule has 1 aliphatic rings. The van der Waals surface area contributed by atoms with Crippen LogP contribution in [0.4, 0.5) is 0 Å². The third-order valence-electron chi connectivity index (χ3n) is 1.82. The number of hydrogen-bond donors (Lipinski definition) is 5. The summed E-state index contributed by atoms with van der Waals surface area (Å²) in [7, 11) is 0. The van der Waals surface area contributed by atoms with Gasteiger partial charge >= 0.3 is 0 Å². The van der Waals surface area contributed by atoms with Gasteiger partial charge in [-0.25, -0.2) is 0 Å². The molecule has 1 fully saturated rings. The van der Waals surface area contributed by atoms with Crippen LogP contribution in [0.2, 0.25) is 0 Å². The minimum Gasteiger partial charge on any atom is -0.388 e. The molecule has 6 heteroatoms. The van der Waals surface area contributed by atoms with Crippen molar-refractivity contribution in [1.29, 1.82) is 0 Å². The van der Waals surface area contributed by atoms with Crippen molar-refractivity contribution in [1.82, 2.24) is 0 Å². The number of rotatable bonds is 0. The van der Waals surface area contributed by atoms with Gasteiger partial charge in [0, 0.05) is 0 Å². The predicted molar refractivity (Wildman–Crippen MR) is 36.0 cm³/mol. The zero-order valence-corrected chi connectivity index (χ0v) is 6.24. The van der Waals surface area contributed by atoms with Crippen LogP contribution in [-0.2, 0) is 4.74 Å². The average Bonchev–Trinajstić information content (AvgIpc) is 2.14. The Bertz CT molecular complexity index is 135. The lowest BCUT2D eigenvalue weighted by molar-refractivity contribution is -0.181. The second kappa shape index (κ2) is 3.65. The summed E-state index contributed by atoms with van der Waals surface area (Å²) in [5.74, 6) is 0. The highest BCUT2D eigenvalue weighted by atomic mass is 16.6. The molecule has 0 aromatic carbocycles. The Labute approximate surface area is 68.6 Å². The van der Waals surface area contributed by atoms with E-state index in [1.165, 1.54) is 0 Å². The van der Waals surface area contributed by atoms with Gasteiger partial charge in [-0.05, 0) is 0 Å². The van der Waals surface area contributed by atoms with Crippen molar-refractivity contribution in [3.05, 3.63) is 0 Å². The van der Waals surface area contributed by atoms with E-state index >= 15 is 0 Å². The van der Waals surface area contributed by atoms with Gasteiger partial charge in [-0.3, -0.25) is 0 Å². The third-order valence-corrected chi connectivity index (χ3v) is 1.82. The Balaban J connectivity index is 2.68. The lowest BCUT2D eigenvalue weighted by Crippen LogP contribution is -2.46. The highest BCUT2D eigenvalue weighted by Gasteiger charge is 2.38. The maximum atomic E-state index is 9.07. The predicted octanol–water partition coefficient (Wildman–Crippen LogP) is -3.22. The fourth-order valence-electron chi connectivity index (χ4n) is 0.993. The van der Waals surface area contributed by atoms with Crippen molar-refractivity contribution >= 4 is 0 Å². The molecule has 1 rings (SSSR count). The van der Waals surface area contributed by atoms with Crippen LogP contribution in [0.3, 0.4) is 0 Å². The molecule has 5 atom stereocenters. The Kier molecular flexibility index (Phi) is 2.99. The molecule has 72 valence electrons. The fraction of sp³-hybridized carbons (Fsp3) is 1.00. The lowest BCUT2D eigenvalue weighted by atomic mass is 10.0. The van der Waals surface area contributed by atoms with Gasteiger partial charge in [0.1, 0.15) is 24.4 Å². The van der Waals surface area contributed by atoms with Crippen LogP contribution in [0, 0.1) is 0 Å². The molecular weight excluding hydrogens is 168 g/mol. The van der Waals surface area contributed by atoms with E-state index in [4.69, 9.17) is 25.5 Å². The Morgan fingerprint density at radius 1 is 0.833 bits per heavy atom. The summed E-state index contributed by atoms with van der Waals surface area (Å²) >= 11 is 0. The molecule has 5 N–H and O–H groups in total. The molecule has 1 saturated heterocycles. The van der Waals surface area contributed by atoms with Crippen LogP contribution >= 0.6 is 0 Å². The molecule has 0 bridgehead atoms. The van der Waals surface area contributed by atoms with Gasteiger partial charge in [0.05, 0.1) is 6.61 Å². The summed E-state index contributed by atoms with van der Waals surface area (Å²) in [6.07, 6.45) is -7.58. The normalized spacial score (nSPS) is 50.2. The van der Waals surface area contributed by atoms with Crippen LogP contribution < -0.4 is 0 Å². The summed E-state index contributed by atoms with van der Waals surface area (Å²) in [6, 6.07) is 0. The van der Waals surface area contributed by atoms with E-state index in [-0.39, 0.29) is 6.61 Å². The molecule has 12 heavy (non-hydrogen) atoms.